The Balaban J connectivity index is 1.38. The second-order valence-electron chi connectivity index (χ2n) is 6.36. The molecule has 1 saturated heterocycles. The highest BCUT2D eigenvalue weighted by Gasteiger charge is 2.34. The van der Waals surface area contributed by atoms with Gasteiger partial charge >= 0.3 is 0 Å². The molecule has 0 spiro atoms. The van der Waals surface area contributed by atoms with Crippen LogP contribution in [0.25, 0.3) is 0 Å². The van der Waals surface area contributed by atoms with Crippen molar-refractivity contribution in [1.82, 2.24) is 4.90 Å². The number of aromatic hydroxyl groups is 1. The molecular weight excluding hydrogens is 340 g/mol. The van der Waals surface area contributed by atoms with Crippen molar-refractivity contribution in [2.24, 2.45) is 0 Å². The largest absolute Gasteiger partial charge is 0.506 e. The third-order valence-corrected chi connectivity index (χ3v) is 5.02. The van der Waals surface area contributed by atoms with Gasteiger partial charge < -0.3 is 19.6 Å². The molecule has 1 N–H and O–H groups in total. The predicted octanol–water partition coefficient (Wildman–Crippen LogP) is 2.70. The monoisotopic (exact) mass is 358 g/mol. The number of rotatable bonds is 2. The number of nitrogens with zero attached hydrogens (tertiary/aromatic N) is 2. The smallest absolute Gasteiger partial charge is 0.264 e. The topological polar surface area (TPSA) is 53.0 Å². The maximum atomic E-state index is 12.8. The number of ether oxygens (including phenoxy) is 1. The van der Waals surface area contributed by atoms with Crippen molar-refractivity contribution in [2.45, 2.75) is 12.5 Å². The summed E-state index contributed by atoms with van der Waals surface area (Å²) < 4.78 is 5.80. The van der Waals surface area contributed by atoms with Crippen LogP contribution in [0.15, 0.2) is 42.5 Å². The summed E-state index contributed by atoms with van der Waals surface area (Å²) in [6.45, 7) is 2.61. The Morgan fingerprint density at radius 1 is 1.12 bits per heavy atom. The van der Waals surface area contributed by atoms with Crippen molar-refractivity contribution in [1.29, 1.82) is 0 Å². The second kappa shape index (κ2) is 6.48. The van der Waals surface area contributed by atoms with Gasteiger partial charge in [0.15, 0.2) is 6.10 Å². The fourth-order valence-corrected chi connectivity index (χ4v) is 3.65. The van der Waals surface area contributed by atoms with Gasteiger partial charge in [-0.2, -0.15) is 0 Å². The van der Waals surface area contributed by atoms with E-state index in [2.05, 4.69) is 4.90 Å². The highest BCUT2D eigenvalue weighted by molar-refractivity contribution is 6.30. The number of phenols is 1. The number of para-hydroxylation sites is 2. The van der Waals surface area contributed by atoms with E-state index in [0.717, 1.165) is 17.0 Å². The summed E-state index contributed by atoms with van der Waals surface area (Å²) >= 11 is 6.01. The molecule has 1 fully saturated rings. The predicted molar refractivity (Wildman–Crippen MR) is 96.5 cm³/mol. The molecule has 0 saturated carbocycles. The van der Waals surface area contributed by atoms with Gasteiger partial charge in [0.1, 0.15) is 11.5 Å². The summed E-state index contributed by atoms with van der Waals surface area (Å²) in [6.07, 6.45) is 0.0964. The second-order valence-corrected chi connectivity index (χ2v) is 6.80. The van der Waals surface area contributed by atoms with E-state index in [-0.39, 0.29) is 11.7 Å². The number of fused-ring (bicyclic) bond motifs is 1. The van der Waals surface area contributed by atoms with E-state index in [4.69, 9.17) is 16.3 Å². The molecule has 0 aromatic heterocycles. The molecular formula is C19H19ClN2O3. The van der Waals surface area contributed by atoms with E-state index in [0.29, 0.717) is 37.6 Å². The van der Waals surface area contributed by atoms with Crippen LogP contribution in [0.1, 0.15) is 5.56 Å². The van der Waals surface area contributed by atoms with Crippen LogP contribution in [0, 0.1) is 0 Å². The third-order valence-electron chi connectivity index (χ3n) is 4.79. The molecule has 2 aromatic rings. The lowest BCUT2D eigenvalue weighted by molar-refractivity contribution is -0.138. The van der Waals surface area contributed by atoms with Crippen LogP contribution < -0.4 is 9.64 Å². The molecule has 2 aliphatic heterocycles. The first-order valence-electron chi connectivity index (χ1n) is 8.38. The molecule has 0 aliphatic carbocycles. The van der Waals surface area contributed by atoms with E-state index in [1.54, 1.807) is 18.2 Å². The zero-order valence-electron chi connectivity index (χ0n) is 13.7. The lowest BCUT2D eigenvalue weighted by atomic mass is 10.1. The number of anilines is 1. The molecule has 1 amide bonds. The molecule has 1 atom stereocenters. The molecule has 2 aliphatic rings. The number of amides is 1. The van der Waals surface area contributed by atoms with Crippen LogP contribution in [-0.4, -0.2) is 48.2 Å². The van der Waals surface area contributed by atoms with Gasteiger partial charge in [-0.25, -0.2) is 0 Å². The number of benzene rings is 2. The average molecular weight is 359 g/mol. The zero-order valence-corrected chi connectivity index (χ0v) is 14.4. The lowest BCUT2D eigenvalue weighted by Crippen LogP contribution is -2.52. The molecule has 5 nitrogen and oxygen atoms in total. The number of hydrogen-bond acceptors (Lipinski definition) is 4. The van der Waals surface area contributed by atoms with Crippen LogP contribution in [0.5, 0.6) is 11.5 Å². The number of hydrogen-bond donors (Lipinski definition) is 1. The van der Waals surface area contributed by atoms with Gasteiger partial charge in [-0.05, 0) is 35.9 Å². The standard InChI is InChI=1S/C19H19ClN2O3/c20-14-5-6-17-13(11-14)12-18(25-17)19(24)22-9-7-21(8-10-22)15-3-1-2-4-16(15)23/h1-6,11,18,23H,7-10,12H2. The Kier molecular flexibility index (Phi) is 4.17. The Bertz CT molecular complexity index is 803. The van der Waals surface area contributed by atoms with Gasteiger partial charge in [-0.15, -0.1) is 0 Å². The molecule has 25 heavy (non-hydrogen) atoms. The lowest BCUT2D eigenvalue weighted by Gasteiger charge is -2.37. The van der Waals surface area contributed by atoms with Crippen LogP contribution in [0.3, 0.4) is 0 Å². The average Bonchev–Trinajstić information content (AvgIpc) is 3.05. The van der Waals surface area contributed by atoms with E-state index in [1.807, 2.05) is 29.2 Å². The van der Waals surface area contributed by atoms with E-state index in [9.17, 15) is 9.90 Å². The molecule has 6 heteroatoms. The minimum absolute atomic E-state index is 0.0178. The fourth-order valence-electron chi connectivity index (χ4n) is 3.46. The van der Waals surface area contributed by atoms with E-state index < -0.39 is 6.10 Å². The van der Waals surface area contributed by atoms with Gasteiger partial charge in [0.2, 0.25) is 0 Å². The van der Waals surface area contributed by atoms with E-state index in [1.165, 1.54) is 0 Å². The van der Waals surface area contributed by atoms with Gasteiger partial charge in [0.25, 0.3) is 5.91 Å². The number of halogens is 1. The summed E-state index contributed by atoms with van der Waals surface area (Å²) in [4.78, 5) is 16.7. The molecule has 0 bridgehead atoms. The van der Waals surface area contributed by atoms with Gasteiger partial charge in [0, 0.05) is 37.6 Å². The molecule has 1 unspecified atom stereocenters. The zero-order chi connectivity index (χ0) is 17.4. The van der Waals surface area contributed by atoms with Crippen molar-refractivity contribution < 1.29 is 14.6 Å². The van der Waals surface area contributed by atoms with Crippen LogP contribution >= 0.6 is 11.6 Å². The number of carbonyl (C=O) groups is 1. The summed E-state index contributed by atoms with van der Waals surface area (Å²) in [7, 11) is 0. The summed E-state index contributed by atoms with van der Waals surface area (Å²) in [5.41, 5.74) is 1.80. The van der Waals surface area contributed by atoms with Gasteiger partial charge in [-0.3, -0.25) is 4.79 Å². The number of carbonyl (C=O) groups excluding carboxylic acids is 1. The van der Waals surface area contributed by atoms with Crippen LogP contribution in [-0.2, 0) is 11.2 Å². The van der Waals surface area contributed by atoms with Crippen molar-refractivity contribution in [3.05, 3.63) is 53.1 Å². The fraction of sp³-hybridized carbons (Fsp3) is 0.316. The van der Waals surface area contributed by atoms with Crippen molar-refractivity contribution in [3.8, 4) is 11.5 Å². The minimum atomic E-state index is -0.467. The first-order chi connectivity index (χ1) is 12.1. The van der Waals surface area contributed by atoms with Crippen molar-refractivity contribution in [3.63, 3.8) is 0 Å². The molecule has 4 rings (SSSR count). The maximum absolute atomic E-state index is 12.8. The number of phenolic OH excluding ortho intramolecular Hbond substituents is 1. The maximum Gasteiger partial charge on any atom is 0.264 e. The molecule has 0 radical (unpaired) electrons. The molecule has 130 valence electrons. The van der Waals surface area contributed by atoms with Crippen LogP contribution in [0.2, 0.25) is 5.02 Å². The minimum Gasteiger partial charge on any atom is -0.506 e. The quantitative estimate of drug-likeness (QED) is 0.896. The highest BCUT2D eigenvalue weighted by atomic mass is 35.5. The first kappa shape index (κ1) is 16.1. The first-order valence-corrected chi connectivity index (χ1v) is 8.76. The normalized spacial score (nSPS) is 19.5. The van der Waals surface area contributed by atoms with Gasteiger partial charge in [0.05, 0.1) is 5.69 Å². The molecule has 2 aromatic carbocycles. The Hall–Kier alpha value is -2.40. The van der Waals surface area contributed by atoms with E-state index >= 15 is 0 Å². The van der Waals surface area contributed by atoms with Crippen LogP contribution in [0.4, 0.5) is 5.69 Å². The molecule has 2 heterocycles. The van der Waals surface area contributed by atoms with Crippen molar-refractivity contribution in [2.75, 3.05) is 31.1 Å². The summed E-state index contributed by atoms with van der Waals surface area (Å²) in [6, 6.07) is 12.7. The Morgan fingerprint density at radius 3 is 2.64 bits per heavy atom. The Morgan fingerprint density at radius 2 is 1.88 bits per heavy atom. The third kappa shape index (κ3) is 3.12. The highest BCUT2D eigenvalue weighted by Crippen LogP contribution is 2.32. The van der Waals surface area contributed by atoms with Gasteiger partial charge in [-0.1, -0.05) is 23.7 Å². The Labute approximate surface area is 151 Å². The van der Waals surface area contributed by atoms with Crippen molar-refractivity contribution >= 4 is 23.2 Å². The summed E-state index contributed by atoms with van der Waals surface area (Å²) in [5.74, 6) is 1.04. The summed E-state index contributed by atoms with van der Waals surface area (Å²) in [5, 5.41) is 10.6. The number of piperazine rings is 1. The SMILES string of the molecule is O=C(C1Cc2cc(Cl)ccc2O1)N1CCN(c2ccccc2O)CC1.